The van der Waals surface area contributed by atoms with Crippen LogP contribution in [0, 0.1) is 0 Å². The number of carbonyl (C=O) groups is 3. The summed E-state index contributed by atoms with van der Waals surface area (Å²) in [7, 11) is 0. The zero-order chi connectivity index (χ0) is 15.0. The maximum Gasteiger partial charge on any atom is 0.448 e. The highest BCUT2D eigenvalue weighted by Gasteiger charge is 2.43. The Bertz CT molecular complexity index is 343. The number of unbranched alkanes of at least 4 members (excludes halogenated alkanes) is 7. The average molecular weight is 284 g/mol. The molecule has 1 heterocycles. The predicted octanol–water partition coefficient (Wildman–Crippen LogP) is 3.46. The number of imide groups is 1. The molecule has 20 heavy (non-hydrogen) atoms. The van der Waals surface area contributed by atoms with Gasteiger partial charge in [-0.1, -0.05) is 51.9 Å². The van der Waals surface area contributed by atoms with E-state index in [4.69, 9.17) is 0 Å². The zero-order valence-corrected chi connectivity index (χ0v) is 12.4. The van der Waals surface area contributed by atoms with Gasteiger partial charge in [0.25, 0.3) is 0 Å². The molecule has 0 saturated carbocycles. The molecule has 0 aromatic rings. The highest BCUT2D eigenvalue weighted by atomic mass is 16.7. The highest BCUT2D eigenvalue weighted by molar-refractivity contribution is 6.03. The topological polar surface area (TPSA) is 66.9 Å². The zero-order valence-electron chi connectivity index (χ0n) is 12.4. The number of rotatable bonds is 10. The Morgan fingerprint density at radius 1 is 1.00 bits per heavy atom. The van der Waals surface area contributed by atoms with Gasteiger partial charge in [0.1, 0.15) is 0 Å². The minimum atomic E-state index is -0.773. The van der Waals surface area contributed by atoms with Gasteiger partial charge in [0.05, 0.1) is 0 Å². The summed E-state index contributed by atoms with van der Waals surface area (Å²) in [6.45, 7) is 3.91. The summed E-state index contributed by atoms with van der Waals surface area (Å²) in [5.74, 6) is -0.321. The van der Waals surface area contributed by atoms with E-state index in [-0.39, 0.29) is 5.91 Å². The second-order valence-electron chi connectivity index (χ2n) is 5.06. The fourth-order valence-corrected chi connectivity index (χ4v) is 2.19. The molecular formula is C14H24N2O4. The number of amides is 3. The molecule has 0 unspecified atom stereocenters. The van der Waals surface area contributed by atoms with E-state index in [9.17, 15) is 14.4 Å². The molecular weight excluding hydrogens is 260 g/mol. The lowest BCUT2D eigenvalue weighted by atomic mass is 10.1. The first kappa shape index (κ1) is 16.5. The molecule has 1 rings (SSSR count). The minimum Gasteiger partial charge on any atom is -0.356 e. The summed E-state index contributed by atoms with van der Waals surface area (Å²) in [5.41, 5.74) is 0. The molecule has 6 nitrogen and oxygen atoms in total. The third-order valence-corrected chi connectivity index (χ3v) is 3.35. The van der Waals surface area contributed by atoms with E-state index in [2.05, 4.69) is 11.7 Å². The van der Waals surface area contributed by atoms with Gasteiger partial charge in [0, 0.05) is 13.5 Å². The minimum absolute atomic E-state index is 0.321. The van der Waals surface area contributed by atoms with Crippen molar-refractivity contribution < 1.29 is 19.1 Å². The Balaban J connectivity index is 2.16. The number of hydrazine groups is 1. The Hall–Kier alpha value is -1.59. The molecule has 0 bridgehead atoms. The van der Waals surface area contributed by atoms with Crippen molar-refractivity contribution in [2.45, 2.75) is 65.2 Å². The van der Waals surface area contributed by atoms with Gasteiger partial charge >= 0.3 is 12.2 Å². The largest absolute Gasteiger partial charge is 0.448 e. The third-order valence-electron chi connectivity index (χ3n) is 3.35. The molecule has 1 aliphatic heterocycles. The van der Waals surface area contributed by atoms with Crippen molar-refractivity contribution >= 4 is 18.1 Å². The van der Waals surface area contributed by atoms with Gasteiger partial charge in [-0.05, 0) is 6.42 Å². The highest BCUT2D eigenvalue weighted by Crippen LogP contribution is 2.16. The standard InChI is InChI=1S/C14H24N2O4/c1-3-4-5-6-7-8-9-10-11-15(12(2)17)16-13(18)20-14(16)19/h3-11H2,1-2H3. The van der Waals surface area contributed by atoms with Gasteiger partial charge in [-0.3, -0.25) is 4.79 Å². The van der Waals surface area contributed by atoms with Crippen LogP contribution in [0.25, 0.3) is 0 Å². The van der Waals surface area contributed by atoms with E-state index in [0.29, 0.717) is 6.54 Å². The van der Waals surface area contributed by atoms with E-state index in [0.717, 1.165) is 29.3 Å². The maximum absolute atomic E-state index is 11.4. The molecule has 3 amide bonds. The van der Waals surface area contributed by atoms with Gasteiger partial charge in [-0.25, -0.2) is 14.6 Å². The summed E-state index contributed by atoms with van der Waals surface area (Å²) >= 11 is 0. The fourth-order valence-electron chi connectivity index (χ4n) is 2.19. The molecule has 0 aliphatic carbocycles. The molecule has 1 saturated heterocycles. The molecule has 1 fully saturated rings. The van der Waals surface area contributed by atoms with Crippen molar-refractivity contribution in [1.29, 1.82) is 0 Å². The van der Waals surface area contributed by atoms with Crippen molar-refractivity contribution in [3.8, 4) is 0 Å². The lowest BCUT2D eigenvalue weighted by Gasteiger charge is -2.35. The lowest BCUT2D eigenvalue weighted by Crippen LogP contribution is -2.60. The normalized spacial score (nSPS) is 14.0. The molecule has 0 spiro atoms. The fraction of sp³-hybridized carbons (Fsp3) is 0.786. The summed E-state index contributed by atoms with van der Waals surface area (Å²) in [6.07, 6.45) is 7.61. The SMILES string of the molecule is CCCCCCCCCCN(C(C)=O)N1C(=O)OC1=O. The molecule has 0 aromatic carbocycles. The molecule has 114 valence electrons. The second kappa shape index (κ2) is 8.55. The van der Waals surface area contributed by atoms with Crippen LogP contribution in [0.1, 0.15) is 65.2 Å². The van der Waals surface area contributed by atoms with Crippen LogP contribution in [0.3, 0.4) is 0 Å². The Kier molecular flexibility index (Phi) is 7.04. The molecule has 6 heteroatoms. The van der Waals surface area contributed by atoms with Crippen LogP contribution in [-0.2, 0) is 9.53 Å². The van der Waals surface area contributed by atoms with Gasteiger partial charge in [-0.2, -0.15) is 0 Å². The number of carbonyl (C=O) groups excluding carboxylic acids is 3. The van der Waals surface area contributed by atoms with Crippen LogP contribution in [0.4, 0.5) is 9.59 Å². The number of cyclic esters (lactones) is 2. The Morgan fingerprint density at radius 2 is 1.50 bits per heavy atom. The van der Waals surface area contributed by atoms with Crippen LogP contribution in [0.5, 0.6) is 0 Å². The van der Waals surface area contributed by atoms with Crippen LogP contribution >= 0.6 is 0 Å². The summed E-state index contributed by atoms with van der Waals surface area (Å²) < 4.78 is 4.22. The van der Waals surface area contributed by atoms with Crippen LogP contribution in [0.15, 0.2) is 0 Å². The molecule has 0 aromatic heterocycles. The first-order valence-corrected chi connectivity index (χ1v) is 7.41. The van der Waals surface area contributed by atoms with E-state index < -0.39 is 12.2 Å². The first-order chi connectivity index (χ1) is 9.57. The summed E-state index contributed by atoms with van der Waals surface area (Å²) in [6, 6.07) is 0. The van der Waals surface area contributed by atoms with E-state index in [1.54, 1.807) is 0 Å². The van der Waals surface area contributed by atoms with Crippen LogP contribution in [0.2, 0.25) is 0 Å². The quantitative estimate of drug-likeness (QED) is 0.455. The average Bonchev–Trinajstić information content (AvgIpc) is 2.40. The van der Waals surface area contributed by atoms with E-state index >= 15 is 0 Å². The van der Waals surface area contributed by atoms with Crippen molar-refractivity contribution in [3.05, 3.63) is 0 Å². The molecule has 0 radical (unpaired) electrons. The molecule has 0 atom stereocenters. The smallest absolute Gasteiger partial charge is 0.356 e. The Labute approximate surface area is 120 Å². The monoisotopic (exact) mass is 284 g/mol. The van der Waals surface area contributed by atoms with E-state index in [1.807, 2.05) is 0 Å². The van der Waals surface area contributed by atoms with Crippen LogP contribution in [-0.4, -0.2) is 34.7 Å². The number of ether oxygens (including phenoxy) is 1. The van der Waals surface area contributed by atoms with Gasteiger partial charge < -0.3 is 4.74 Å². The number of nitrogens with zero attached hydrogens (tertiary/aromatic N) is 2. The maximum atomic E-state index is 11.4. The lowest BCUT2D eigenvalue weighted by molar-refractivity contribution is -0.145. The van der Waals surface area contributed by atoms with Crippen LogP contribution < -0.4 is 0 Å². The Morgan fingerprint density at radius 3 is 1.95 bits per heavy atom. The third kappa shape index (κ3) is 4.83. The molecule has 1 aliphatic rings. The summed E-state index contributed by atoms with van der Waals surface area (Å²) in [4.78, 5) is 33.7. The van der Waals surface area contributed by atoms with E-state index in [1.165, 1.54) is 39.0 Å². The number of hydrogen-bond donors (Lipinski definition) is 0. The van der Waals surface area contributed by atoms with Gasteiger partial charge in [0.15, 0.2) is 0 Å². The molecule has 0 N–H and O–H groups in total. The predicted molar refractivity (Wildman–Crippen MR) is 73.7 cm³/mol. The first-order valence-electron chi connectivity index (χ1n) is 7.41. The summed E-state index contributed by atoms with van der Waals surface area (Å²) in [5, 5.41) is 1.93. The van der Waals surface area contributed by atoms with Gasteiger partial charge in [-0.15, -0.1) is 5.01 Å². The van der Waals surface area contributed by atoms with Crippen molar-refractivity contribution in [2.24, 2.45) is 0 Å². The van der Waals surface area contributed by atoms with Crippen molar-refractivity contribution in [2.75, 3.05) is 6.54 Å². The van der Waals surface area contributed by atoms with Crippen molar-refractivity contribution in [1.82, 2.24) is 10.0 Å². The second-order valence-corrected chi connectivity index (χ2v) is 5.06. The number of hydrogen-bond acceptors (Lipinski definition) is 4. The van der Waals surface area contributed by atoms with Gasteiger partial charge in [0.2, 0.25) is 5.91 Å². The van der Waals surface area contributed by atoms with Crippen molar-refractivity contribution in [3.63, 3.8) is 0 Å².